The van der Waals surface area contributed by atoms with Crippen molar-refractivity contribution >= 4 is 34.9 Å². The predicted octanol–water partition coefficient (Wildman–Crippen LogP) is 4.58. The molecule has 1 aromatic heterocycles. The van der Waals surface area contributed by atoms with Crippen LogP contribution in [-0.2, 0) is 11.3 Å². The van der Waals surface area contributed by atoms with Gasteiger partial charge < -0.3 is 25.5 Å². The van der Waals surface area contributed by atoms with Gasteiger partial charge in [0, 0.05) is 52.8 Å². The van der Waals surface area contributed by atoms with E-state index in [2.05, 4.69) is 15.6 Å². The van der Waals surface area contributed by atoms with E-state index in [0.29, 0.717) is 34.1 Å². The molecule has 0 aliphatic carbocycles. The van der Waals surface area contributed by atoms with Crippen LogP contribution in [-0.4, -0.2) is 47.1 Å². The number of alkyl halides is 3. The van der Waals surface area contributed by atoms with Crippen LogP contribution >= 0.6 is 11.6 Å². The minimum absolute atomic E-state index is 0.197. The van der Waals surface area contributed by atoms with Gasteiger partial charge in [-0.2, -0.15) is 13.2 Å². The van der Waals surface area contributed by atoms with Crippen molar-refractivity contribution in [1.29, 1.82) is 0 Å². The molecule has 1 amide bonds. The molecule has 3 aromatic rings. The molecule has 0 saturated carbocycles. The van der Waals surface area contributed by atoms with Gasteiger partial charge in [-0.15, -0.1) is 0 Å². The lowest BCUT2D eigenvalue weighted by Gasteiger charge is -2.10. The Morgan fingerprint density at radius 3 is 2.47 bits per heavy atom. The average molecular weight is 524 g/mol. The third kappa shape index (κ3) is 7.09. The number of aryl methyl sites for hydroxylation is 1. The van der Waals surface area contributed by atoms with Crippen LogP contribution in [0.1, 0.15) is 37.5 Å². The van der Waals surface area contributed by atoms with Crippen molar-refractivity contribution in [3.05, 3.63) is 81.6 Å². The standard InChI is InChI=1S/C22H20ClN3O3.C2HF3O2/c1-13-6-15(8-17(23)7-13)21(27)16-9-19(25-12-16)22(28)26-18-3-2-14-11-24-4-5-29-20(14)10-18;3-2(4,5)1(6)7/h2-3,6-10,12,24-25H,4-5,11H2,1H3,(H,26,28);(H,6,7). The van der Waals surface area contributed by atoms with Crippen molar-refractivity contribution in [3.63, 3.8) is 0 Å². The van der Waals surface area contributed by atoms with E-state index < -0.39 is 12.1 Å². The summed E-state index contributed by atoms with van der Waals surface area (Å²) in [6.45, 7) is 3.96. The zero-order valence-corrected chi connectivity index (χ0v) is 19.6. The van der Waals surface area contributed by atoms with Crippen LogP contribution < -0.4 is 15.4 Å². The number of hydrogen-bond donors (Lipinski definition) is 4. The monoisotopic (exact) mass is 523 g/mol. The fraction of sp³-hybridized carbons (Fsp3) is 0.208. The first kappa shape index (κ1) is 26.8. The Morgan fingerprint density at radius 1 is 1.08 bits per heavy atom. The van der Waals surface area contributed by atoms with Gasteiger partial charge >= 0.3 is 12.1 Å². The molecule has 1 aliphatic heterocycles. The number of ketones is 1. The molecule has 0 bridgehead atoms. The maximum atomic E-state index is 12.7. The summed E-state index contributed by atoms with van der Waals surface area (Å²) >= 11 is 6.05. The Bertz CT molecular complexity index is 1270. The number of aromatic amines is 1. The molecule has 0 fully saturated rings. The first-order valence-electron chi connectivity index (χ1n) is 10.5. The number of aromatic nitrogens is 1. The van der Waals surface area contributed by atoms with E-state index in [-0.39, 0.29) is 11.7 Å². The SMILES string of the molecule is Cc1cc(Cl)cc(C(=O)c2c[nH]c(C(=O)Nc3ccc4c(c3)OCCNC4)c2)c1.O=C(O)C(F)(F)F. The molecule has 4 rings (SSSR count). The molecule has 12 heteroatoms. The third-order valence-corrected chi connectivity index (χ3v) is 5.13. The number of H-pyrrole nitrogens is 1. The number of fused-ring (bicyclic) bond motifs is 1. The van der Waals surface area contributed by atoms with Crippen LogP contribution in [0.5, 0.6) is 5.75 Å². The number of anilines is 1. The van der Waals surface area contributed by atoms with Crippen LogP contribution in [0.3, 0.4) is 0 Å². The lowest BCUT2D eigenvalue weighted by atomic mass is 10.0. The Morgan fingerprint density at radius 2 is 1.81 bits per heavy atom. The number of hydrogen-bond acceptors (Lipinski definition) is 5. The number of carboxylic acid groups (broad SMARTS) is 1. The summed E-state index contributed by atoms with van der Waals surface area (Å²) in [7, 11) is 0. The summed E-state index contributed by atoms with van der Waals surface area (Å²) in [5, 5.41) is 13.7. The van der Waals surface area contributed by atoms with E-state index in [1.165, 1.54) is 12.3 Å². The molecule has 0 atom stereocenters. The molecule has 0 spiro atoms. The second-order valence-electron chi connectivity index (χ2n) is 7.75. The highest BCUT2D eigenvalue weighted by molar-refractivity contribution is 6.31. The van der Waals surface area contributed by atoms with E-state index in [1.54, 1.807) is 18.2 Å². The van der Waals surface area contributed by atoms with Gasteiger partial charge in [0.05, 0.1) is 0 Å². The van der Waals surface area contributed by atoms with Crippen molar-refractivity contribution in [2.24, 2.45) is 0 Å². The van der Waals surface area contributed by atoms with Crippen molar-refractivity contribution in [2.75, 3.05) is 18.5 Å². The first-order chi connectivity index (χ1) is 16.9. The summed E-state index contributed by atoms with van der Waals surface area (Å²) < 4.78 is 37.4. The summed E-state index contributed by atoms with van der Waals surface area (Å²) in [5.74, 6) is -2.53. The molecule has 0 radical (unpaired) electrons. The minimum Gasteiger partial charge on any atom is -0.492 e. The Kier molecular flexibility index (Phi) is 8.38. The van der Waals surface area contributed by atoms with E-state index in [4.69, 9.17) is 26.2 Å². The molecule has 2 heterocycles. The number of benzene rings is 2. The van der Waals surface area contributed by atoms with Crippen LogP contribution in [0.15, 0.2) is 48.7 Å². The predicted molar refractivity (Wildman–Crippen MR) is 126 cm³/mol. The quantitative estimate of drug-likeness (QED) is 0.372. The smallest absolute Gasteiger partial charge is 0.490 e. The molecule has 0 saturated heterocycles. The van der Waals surface area contributed by atoms with Gasteiger partial charge in [0.2, 0.25) is 0 Å². The first-order valence-corrected chi connectivity index (χ1v) is 10.9. The third-order valence-electron chi connectivity index (χ3n) is 4.91. The molecule has 2 aromatic carbocycles. The summed E-state index contributed by atoms with van der Waals surface area (Å²) in [5.41, 5.74) is 3.75. The minimum atomic E-state index is -5.08. The second kappa shape index (κ2) is 11.3. The van der Waals surface area contributed by atoms with E-state index in [1.807, 2.05) is 25.1 Å². The summed E-state index contributed by atoms with van der Waals surface area (Å²) in [6, 6.07) is 12.3. The van der Waals surface area contributed by atoms with E-state index >= 15 is 0 Å². The number of carbonyl (C=O) groups excluding carboxylic acids is 2. The number of halogens is 4. The Labute approximate surface area is 208 Å². The Hall–Kier alpha value is -3.83. The molecule has 0 unspecified atom stereocenters. The summed E-state index contributed by atoms with van der Waals surface area (Å²) in [4.78, 5) is 37.1. The highest BCUT2D eigenvalue weighted by Crippen LogP contribution is 2.25. The van der Waals surface area contributed by atoms with E-state index in [9.17, 15) is 22.8 Å². The summed E-state index contributed by atoms with van der Waals surface area (Å²) in [6.07, 6.45) is -3.56. The average Bonchev–Trinajstić information content (AvgIpc) is 3.18. The molecular weight excluding hydrogens is 503 g/mol. The maximum Gasteiger partial charge on any atom is 0.490 e. The van der Waals surface area contributed by atoms with E-state index in [0.717, 1.165) is 30.0 Å². The largest absolute Gasteiger partial charge is 0.492 e. The van der Waals surface area contributed by atoms with Crippen LogP contribution in [0, 0.1) is 6.92 Å². The maximum absolute atomic E-state index is 12.7. The number of nitrogens with one attached hydrogen (secondary N) is 3. The van der Waals surface area contributed by atoms with Gasteiger partial charge in [0.25, 0.3) is 5.91 Å². The zero-order valence-electron chi connectivity index (χ0n) is 18.8. The number of carbonyl (C=O) groups is 3. The number of rotatable bonds is 4. The van der Waals surface area contributed by atoms with Crippen LogP contribution in [0.25, 0.3) is 0 Å². The fourth-order valence-corrected chi connectivity index (χ4v) is 3.55. The van der Waals surface area contributed by atoms with Gasteiger partial charge in [0.15, 0.2) is 5.78 Å². The van der Waals surface area contributed by atoms with Gasteiger partial charge in [-0.3, -0.25) is 9.59 Å². The van der Waals surface area contributed by atoms with Crippen molar-refractivity contribution in [2.45, 2.75) is 19.6 Å². The Balaban J connectivity index is 0.000000454. The van der Waals surface area contributed by atoms with Crippen molar-refractivity contribution in [1.82, 2.24) is 10.3 Å². The van der Waals surface area contributed by atoms with Gasteiger partial charge in [-0.25, -0.2) is 4.79 Å². The number of carboxylic acids is 1. The lowest BCUT2D eigenvalue weighted by Crippen LogP contribution is -2.21. The highest BCUT2D eigenvalue weighted by atomic mass is 35.5. The topological polar surface area (TPSA) is 121 Å². The lowest BCUT2D eigenvalue weighted by molar-refractivity contribution is -0.192. The fourth-order valence-electron chi connectivity index (χ4n) is 3.26. The molecular formula is C24H21ClF3N3O5. The van der Waals surface area contributed by atoms with Gasteiger partial charge in [-0.05, 0) is 42.8 Å². The van der Waals surface area contributed by atoms with Crippen molar-refractivity contribution < 1.29 is 37.4 Å². The molecule has 36 heavy (non-hydrogen) atoms. The number of ether oxygens (including phenoxy) is 1. The molecule has 4 N–H and O–H groups in total. The highest BCUT2D eigenvalue weighted by Gasteiger charge is 2.38. The molecule has 190 valence electrons. The van der Waals surface area contributed by atoms with Crippen molar-refractivity contribution in [3.8, 4) is 5.75 Å². The van der Waals surface area contributed by atoms with Gasteiger partial charge in [0.1, 0.15) is 18.1 Å². The van der Waals surface area contributed by atoms with Crippen LogP contribution in [0.4, 0.5) is 18.9 Å². The number of amides is 1. The normalized spacial score (nSPS) is 12.8. The van der Waals surface area contributed by atoms with Crippen LogP contribution in [0.2, 0.25) is 5.02 Å². The van der Waals surface area contributed by atoms with Gasteiger partial charge in [-0.1, -0.05) is 17.7 Å². The second-order valence-corrected chi connectivity index (χ2v) is 8.19. The zero-order chi connectivity index (χ0) is 26.5. The number of aliphatic carboxylic acids is 1. The molecule has 1 aliphatic rings. The molecule has 8 nitrogen and oxygen atoms in total.